The van der Waals surface area contributed by atoms with Crippen LogP contribution in [0.15, 0.2) is 91.0 Å². The molecule has 0 N–H and O–H groups in total. The van der Waals surface area contributed by atoms with Crippen molar-refractivity contribution in [2.45, 2.75) is 63.3 Å². The molecule has 0 aromatic heterocycles. The van der Waals surface area contributed by atoms with Gasteiger partial charge in [-0.3, -0.25) is 0 Å². The van der Waals surface area contributed by atoms with Crippen molar-refractivity contribution in [2.24, 2.45) is 0 Å². The predicted octanol–water partition coefficient (Wildman–Crippen LogP) is 9.01. The summed E-state index contributed by atoms with van der Waals surface area (Å²) < 4.78 is 0. The first-order valence-corrected chi connectivity index (χ1v) is 13.1. The van der Waals surface area contributed by atoms with Gasteiger partial charge in [-0.05, 0) is 89.0 Å². The molecule has 35 heavy (non-hydrogen) atoms. The minimum atomic E-state index is 0.0266. The van der Waals surface area contributed by atoms with E-state index in [9.17, 15) is 0 Å². The maximum atomic E-state index is 2.64. The molecule has 0 amide bonds. The number of fused-ring (bicyclic) bond motifs is 6. The van der Waals surface area contributed by atoms with Gasteiger partial charge in [0.25, 0.3) is 0 Å². The molecular formula is C34H33N. The summed E-state index contributed by atoms with van der Waals surface area (Å²) in [6, 6.07) is 34.3. The van der Waals surface area contributed by atoms with Crippen LogP contribution >= 0.6 is 0 Å². The second-order valence-electron chi connectivity index (χ2n) is 11.8. The lowest BCUT2D eigenvalue weighted by Crippen LogP contribution is -2.48. The minimum absolute atomic E-state index is 0.0266. The molecule has 2 aliphatic carbocycles. The van der Waals surface area contributed by atoms with E-state index in [1.807, 2.05) is 0 Å². The highest BCUT2D eigenvalue weighted by Gasteiger charge is 2.59. The molecule has 3 aliphatic rings. The summed E-state index contributed by atoms with van der Waals surface area (Å²) in [4.78, 5) is 2.64. The Hall–Kier alpha value is -3.32. The Morgan fingerprint density at radius 1 is 0.600 bits per heavy atom. The lowest BCUT2D eigenvalue weighted by molar-refractivity contribution is 0.330. The molecule has 4 aromatic rings. The Morgan fingerprint density at radius 3 is 2.06 bits per heavy atom. The second kappa shape index (κ2) is 6.88. The molecule has 0 radical (unpaired) electrons. The third-order valence-corrected chi connectivity index (χ3v) is 9.79. The van der Waals surface area contributed by atoms with Gasteiger partial charge in [0, 0.05) is 22.2 Å². The fourth-order valence-corrected chi connectivity index (χ4v) is 7.62. The van der Waals surface area contributed by atoms with Crippen molar-refractivity contribution < 1.29 is 0 Å². The molecule has 2 atom stereocenters. The van der Waals surface area contributed by atoms with Crippen molar-refractivity contribution in [3.05, 3.63) is 108 Å². The van der Waals surface area contributed by atoms with E-state index in [1.54, 1.807) is 0 Å². The number of para-hydroxylation sites is 1. The van der Waals surface area contributed by atoms with Crippen molar-refractivity contribution in [3.8, 4) is 22.3 Å². The molecule has 0 saturated heterocycles. The molecular weight excluding hydrogens is 422 g/mol. The fourth-order valence-electron chi connectivity index (χ4n) is 7.62. The van der Waals surface area contributed by atoms with Crippen molar-refractivity contribution >= 4 is 11.4 Å². The Labute approximate surface area is 209 Å². The van der Waals surface area contributed by atoms with Crippen molar-refractivity contribution in [1.29, 1.82) is 0 Å². The number of rotatable bonds is 2. The van der Waals surface area contributed by atoms with E-state index in [0.29, 0.717) is 0 Å². The molecule has 0 spiro atoms. The second-order valence-corrected chi connectivity index (χ2v) is 11.8. The van der Waals surface area contributed by atoms with Gasteiger partial charge in [-0.2, -0.15) is 0 Å². The highest BCUT2D eigenvalue weighted by atomic mass is 15.3. The van der Waals surface area contributed by atoms with Gasteiger partial charge in [0.1, 0.15) is 0 Å². The van der Waals surface area contributed by atoms with Crippen LogP contribution in [0.25, 0.3) is 22.3 Å². The van der Waals surface area contributed by atoms with Gasteiger partial charge in [0.05, 0.1) is 5.54 Å². The Kier molecular flexibility index (Phi) is 4.13. The van der Waals surface area contributed by atoms with Gasteiger partial charge in [-0.15, -0.1) is 0 Å². The molecule has 2 unspecified atom stereocenters. The maximum absolute atomic E-state index is 2.64. The van der Waals surface area contributed by atoms with Crippen LogP contribution in [0, 0.1) is 0 Å². The molecule has 4 aromatic carbocycles. The summed E-state index contributed by atoms with van der Waals surface area (Å²) in [7, 11) is 0. The molecule has 1 nitrogen and oxygen atoms in total. The summed E-state index contributed by atoms with van der Waals surface area (Å²) in [5.74, 6) is 0. The van der Waals surface area contributed by atoms with Gasteiger partial charge in [0.2, 0.25) is 0 Å². The smallest absolute Gasteiger partial charge is 0.0517 e. The third kappa shape index (κ3) is 2.59. The SMILES string of the molecule is CC1(C)c2ccccc2-c2ccc(-c3ccc4c(c3)C3(C)CCCC3(C)N4c3ccccc3)cc21. The maximum Gasteiger partial charge on any atom is 0.0517 e. The van der Waals surface area contributed by atoms with Crippen LogP contribution < -0.4 is 4.90 Å². The monoisotopic (exact) mass is 455 g/mol. The number of nitrogens with zero attached hydrogens (tertiary/aromatic N) is 1. The van der Waals surface area contributed by atoms with E-state index < -0.39 is 0 Å². The topological polar surface area (TPSA) is 3.24 Å². The van der Waals surface area contributed by atoms with Crippen LogP contribution in [0.2, 0.25) is 0 Å². The van der Waals surface area contributed by atoms with E-state index in [4.69, 9.17) is 0 Å². The molecule has 7 rings (SSSR count). The zero-order valence-corrected chi connectivity index (χ0v) is 21.2. The Morgan fingerprint density at radius 2 is 1.26 bits per heavy atom. The quantitative estimate of drug-likeness (QED) is 0.291. The fraction of sp³-hybridized carbons (Fsp3) is 0.294. The highest BCUT2D eigenvalue weighted by Crippen LogP contribution is 2.62. The number of benzene rings is 4. The molecule has 1 heteroatoms. The van der Waals surface area contributed by atoms with Crippen LogP contribution in [0.4, 0.5) is 11.4 Å². The Balaban J connectivity index is 1.38. The van der Waals surface area contributed by atoms with Crippen LogP contribution in [-0.4, -0.2) is 5.54 Å². The molecule has 1 aliphatic heterocycles. The van der Waals surface area contributed by atoms with Crippen molar-refractivity contribution in [3.63, 3.8) is 0 Å². The van der Waals surface area contributed by atoms with Crippen LogP contribution in [0.5, 0.6) is 0 Å². The van der Waals surface area contributed by atoms with E-state index in [0.717, 1.165) is 0 Å². The highest BCUT2D eigenvalue weighted by molar-refractivity contribution is 5.85. The first-order chi connectivity index (χ1) is 16.8. The van der Waals surface area contributed by atoms with E-state index in [2.05, 4.69) is 124 Å². The summed E-state index contributed by atoms with van der Waals surface area (Å²) in [6.45, 7) is 9.73. The first-order valence-electron chi connectivity index (χ1n) is 13.1. The van der Waals surface area contributed by atoms with Gasteiger partial charge in [0.15, 0.2) is 0 Å². The molecule has 1 heterocycles. The third-order valence-electron chi connectivity index (χ3n) is 9.79. The zero-order valence-electron chi connectivity index (χ0n) is 21.2. The van der Waals surface area contributed by atoms with Crippen LogP contribution in [-0.2, 0) is 10.8 Å². The minimum Gasteiger partial charge on any atom is -0.334 e. The summed E-state index contributed by atoms with van der Waals surface area (Å²) in [5, 5.41) is 0. The predicted molar refractivity (Wildman–Crippen MR) is 148 cm³/mol. The Bertz CT molecular complexity index is 1480. The standard InChI is InChI=1S/C34H33N/c1-32(2)28-14-9-8-13-26(28)27-17-15-23(21-29(27)32)24-16-18-31-30(22-24)33(3)19-10-20-34(33,4)35(31)25-11-6-5-7-12-25/h5-9,11-18,21-22H,10,19-20H2,1-4H3. The van der Waals surface area contributed by atoms with E-state index in [1.165, 1.54) is 69.6 Å². The van der Waals surface area contributed by atoms with Crippen molar-refractivity contribution in [1.82, 2.24) is 0 Å². The van der Waals surface area contributed by atoms with Crippen LogP contribution in [0.1, 0.15) is 63.6 Å². The number of hydrogen-bond acceptors (Lipinski definition) is 1. The molecule has 0 bridgehead atoms. The van der Waals surface area contributed by atoms with E-state index >= 15 is 0 Å². The average molecular weight is 456 g/mol. The molecule has 174 valence electrons. The van der Waals surface area contributed by atoms with Gasteiger partial charge < -0.3 is 4.90 Å². The van der Waals surface area contributed by atoms with Crippen LogP contribution in [0.3, 0.4) is 0 Å². The van der Waals surface area contributed by atoms with Crippen molar-refractivity contribution in [2.75, 3.05) is 4.90 Å². The average Bonchev–Trinajstić information content (AvgIpc) is 3.38. The molecule has 1 saturated carbocycles. The lowest BCUT2D eigenvalue weighted by atomic mass is 9.72. The molecule has 1 fully saturated rings. The zero-order chi connectivity index (χ0) is 24.0. The normalized spacial score (nSPS) is 25.2. The van der Waals surface area contributed by atoms with Gasteiger partial charge in [-0.1, -0.05) is 87.9 Å². The largest absolute Gasteiger partial charge is 0.334 e. The summed E-state index contributed by atoms with van der Waals surface area (Å²) in [6.07, 6.45) is 3.76. The summed E-state index contributed by atoms with van der Waals surface area (Å²) in [5.41, 5.74) is 12.8. The van der Waals surface area contributed by atoms with Gasteiger partial charge in [-0.25, -0.2) is 0 Å². The number of anilines is 2. The summed E-state index contributed by atoms with van der Waals surface area (Å²) >= 11 is 0. The lowest BCUT2D eigenvalue weighted by Gasteiger charge is -2.42. The van der Waals surface area contributed by atoms with E-state index in [-0.39, 0.29) is 16.4 Å². The van der Waals surface area contributed by atoms with Gasteiger partial charge >= 0.3 is 0 Å². The number of hydrogen-bond donors (Lipinski definition) is 0. The first kappa shape index (κ1) is 21.0.